The van der Waals surface area contributed by atoms with Crippen molar-refractivity contribution in [1.82, 2.24) is 14.8 Å². The van der Waals surface area contributed by atoms with Gasteiger partial charge in [0.15, 0.2) is 17.3 Å². The molecule has 34 heavy (non-hydrogen) atoms. The molecule has 1 fully saturated rings. The van der Waals surface area contributed by atoms with Crippen molar-refractivity contribution >= 4 is 17.7 Å². The van der Waals surface area contributed by atoms with Gasteiger partial charge in [0.1, 0.15) is 11.4 Å². The Morgan fingerprint density at radius 1 is 1.09 bits per heavy atom. The Morgan fingerprint density at radius 3 is 2.62 bits per heavy atom. The van der Waals surface area contributed by atoms with Crippen LogP contribution in [0.25, 0.3) is 5.69 Å². The monoisotopic (exact) mass is 463 g/mol. The Hall–Kier alpha value is -4.14. The maximum Gasteiger partial charge on any atom is 0.325 e. The van der Waals surface area contributed by atoms with Gasteiger partial charge in [0.05, 0.1) is 6.54 Å². The van der Waals surface area contributed by atoms with Crippen LogP contribution in [0.2, 0.25) is 0 Å². The molecule has 174 valence electrons. The molecule has 5 rings (SSSR count). The van der Waals surface area contributed by atoms with E-state index in [2.05, 4.69) is 5.32 Å². The number of fused-ring (bicyclic) bond motifs is 1. The number of carbonyl (C=O) groups is 3. The number of ketones is 1. The molecule has 1 N–H and O–H groups in total. The average Bonchev–Trinajstić information content (AvgIpc) is 3.45. The molecular formula is C25H22FN3O5. The van der Waals surface area contributed by atoms with Crippen LogP contribution in [0.5, 0.6) is 11.5 Å². The van der Waals surface area contributed by atoms with Gasteiger partial charge in [-0.25, -0.2) is 9.18 Å². The molecule has 0 aliphatic carbocycles. The summed E-state index contributed by atoms with van der Waals surface area (Å²) < 4.78 is 26.2. The summed E-state index contributed by atoms with van der Waals surface area (Å²) in [5, 5.41) is 2.70. The fourth-order valence-corrected chi connectivity index (χ4v) is 4.53. The van der Waals surface area contributed by atoms with E-state index in [0.29, 0.717) is 34.0 Å². The highest BCUT2D eigenvalue weighted by Crippen LogP contribution is 2.38. The number of aromatic nitrogens is 1. The van der Waals surface area contributed by atoms with E-state index in [4.69, 9.17) is 9.47 Å². The predicted molar refractivity (Wildman–Crippen MR) is 120 cm³/mol. The number of aryl methyl sites for hydroxylation is 1. The minimum absolute atomic E-state index is 0.0878. The van der Waals surface area contributed by atoms with Crippen molar-refractivity contribution in [2.24, 2.45) is 0 Å². The lowest BCUT2D eigenvalue weighted by Crippen LogP contribution is -2.41. The number of benzene rings is 2. The molecule has 2 aliphatic heterocycles. The summed E-state index contributed by atoms with van der Waals surface area (Å²) in [6.45, 7) is 4.81. The third kappa shape index (κ3) is 3.32. The van der Waals surface area contributed by atoms with Crippen LogP contribution in [0.4, 0.5) is 9.18 Å². The Morgan fingerprint density at radius 2 is 1.85 bits per heavy atom. The molecule has 1 aromatic heterocycles. The Bertz CT molecular complexity index is 1360. The number of hydrogen-bond donors (Lipinski definition) is 1. The minimum Gasteiger partial charge on any atom is -0.454 e. The van der Waals surface area contributed by atoms with Crippen LogP contribution < -0.4 is 14.8 Å². The molecule has 1 unspecified atom stereocenters. The summed E-state index contributed by atoms with van der Waals surface area (Å²) in [6, 6.07) is 12.1. The van der Waals surface area contributed by atoms with Crippen LogP contribution in [0.3, 0.4) is 0 Å². The zero-order valence-electron chi connectivity index (χ0n) is 18.8. The van der Waals surface area contributed by atoms with Gasteiger partial charge in [0.2, 0.25) is 6.79 Å². The van der Waals surface area contributed by atoms with Gasteiger partial charge in [-0.2, -0.15) is 0 Å². The zero-order chi connectivity index (χ0) is 24.2. The molecule has 0 saturated carbocycles. The molecule has 2 aliphatic rings. The lowest BCUT2D eigenvalue weighted by atomic mass is 9.91. The van der Waals surface area contributed by atoms with Crippen molar-refractivity contribution in [2.75, 3.05) is 13.3 Å². The molecule has 3 heterocycles. The van der Waals surface area contributed by atoms with Crippen molar-refractivity contribution in [3.63, 3.8) is 0 Å². The number of nitrogens with one attached hydrogen (secondary N) is 1. The Balaban J connectivity index is 1.41. The summed E-state index contributed by atoms with van der Waals surface area (Å²) in [6.07, 6.45) is 0. The van der Waals surface area contributed by atoms with E-state index >= 15 is 0 Å². The molecule has 0 radical (unpaired) electrons. The molecule has 1 saturated heterocycles. The third-order valence-corrected chi connectivity index (χ3v) is 6.32. The van der Waals surface area contributed by atoms with Gasteiger partial charge >= 0.3 is 6.03 Å². The molecule has 9 heteroatoms. The van der Waals surface area contributed by atoms with Crippen molar-refractivity contribution in [2.45, 2.75) is 26.3 Å². The number of halogens is 1. The maximum atomic E-state index is 13.7. The first-order chi connectivity index (χ1) is 16.2. The molecule has 1 atom stereocenters. The van der Waals surface area contributed by atoms with Gasteiger partial charge < -0.3 is 19.4 Å². The number of amides is 3. The average molecular weight is 463 g/mol. The second kappa shape index (κ2) is 7.72. The highest BCUT2D eigenvalue weighted by molar-refractivity contribution is 6.11. The molecule has 8 nitrogen and oxygen atoms in total. The van der Waals surface area contributed by atoms with Gasteiger partial charge in [0.25, 0.3) is 5.91 Å². The summed E-state index contributed by atoms with van der Waals surface area (Å²) in [5.74, 6) is -0.275. The van der Waals surface area contributed by atoms with E-state index in [1.54, 1.807) is 61.7 Å². The highest BCUT2D eigenvalue weighted by Gasteiger charge is 2.50. The fourth-order valence-electron chi connectivity index (χ4n) is 4.53. The van der Waals surface area contributed by atoms with Crippen molar-refractivity contribution in [1.29, 1.82) is 0 Å². The summed E-state index contributed by atoms with van der Waals surface area (Å²) >= 11 is 0. The second-order valence-electron chi connectivity index (χ2n) is 8.54. The Kier molecular flexibility index (Phi) is 4.93. The lowest BCUT2D eigenvalue weighted by Gasteiger charge is -2.22. The van der Waals surface area contributed by atoms with Crippen LogP contribution in [-0.4, -0.2) is 40.5 Å². The van der Waals surface area contributed by atoms with E-state index in [1.165, 1.54) is 12.1 Å². The molecule has 2 aromatic carbocycles. The van der Waals surface area contributed by atoms with E-state index in [1.807, 2.05) is 0 Å². The number of rotatable bonds is 5. The number of carbonyl (C=O) groups excluding carboxylic acids is 3. The highest BCUT2D eigenvalue weighted by atomic mass is 19.1. The van der Waals surface area contributed by atoms with Crippen LogP contribution in [-0.2, 0) is 10.3 Å². The minimum atomic E-state index is -1.35. The molecule has 3 amide bonds. The molecule has 0 spiro atoms. The number of ether oxygens (including phenoxy) is 2. The first-order valence-corrected chi connectivity index (χ1v) is 10.7. The normalized spacial score (nSPS) is 19.0. The van der Waals surface area contributed by atoms with E-state index in [9.17, 15) is 18.8 Å². The van der Waals surface area contributed by atoms with Gasteiger partial charge in [-0.15, -0.1) is 0 Å². The van der Waals surface area contributed by atoms with E-state index in [0.717, 1.165) is 10.6 Å². The zero-order valence-corrected chi connectivity index (χ0v) is 18.8. The van der Waals surface area contributed by atoms with Gasteiger partial charge in [-0.05, 0) is 62.7 Å². The van der Waals surface area contributed by atoms with E-state index in [-0.39, 0.29) is 12.6 Å². The van der Waals surface area contributed by atoms with Crippen LogP contribution in [0.1, 0.15) is 34.2 Å². The van der Waals surface area contributed by atoms with Crippen molar-refractivity contribution in [3.8, 4) is 17.2 Å². The van der Waals surface area contributed by atoms with Crippen LogP contribution in [0, 0.1) is 19.7 Å². The quantitative estimate of drug-likeness (QED) is 0.461. The lowest BCUT2D eigenvalue weighted by molar-refractivity contribution is -0.130. The largest absolute Gasteiger partial charge is 0.454 e. The smallest absolute Gasteiger partial charge is 0.325 e. The standard InChI is InChI=1S/C25H22FN3O5/c1-14-9-19(15(2)29(14)18-6-4-5-17(26)11-18)20(30)12-28-23(31)25(3,27-24(28)32)16-7-8-21-22(10-16)34-13-33-21/h4-11H,12-13H2,1-3H3,(H,27,32). The number of imide groups is 1. The predicted octanol–water partition coefficient (Wildman–Crippen LogP) is 3.61. The topological polar surface area (TPSA) is 89.9 Å². The van der Waals surface area contributed by atoms with Crippen molar-refractivity contribution < 1.29 is 28.2 Å². The summed E-state index contributed by atoms with van der Waals surface area (Å²) in [4.78, 5) is 40.1. The van der Waals surface area contributed by atoms with E-state index < -0.39 is 29.8 Å². The fraction of sp³-hybridized carbons (Fsp3) is 0.240. The number of hydrogen-bond acceptors (Lipinski definition) is 5. The SMILES string of the molecule is Cc1cc(C(=O)CN2C(=O)NC(C)(c3ccc4c(c3)OCO4)C2=O)c(C)n1-c1cccc(F)c1. The second-order valence-corrected chi connectivity index (χ2v) is 8.54. The van der Waals surface area contributed by atoms with Gasteiger partial charge in [-0.1, -0.05) is 12.1 Å². The number of Topliss-reactive ketones (excluding diaryl/α,β-unsaturated/α-hetero) is 1. The first kappa shape index (κ1) is 21.7. The van der Waals surface area contributed by atoms with Gasteiger partial charge in [-0.3, -0.25) is 14.5 Å². The van der Waals surface area contributed by atoms with Crippen molar-refractivity contribution in [3.05, 3.63) is 76.9 Å². The summed E-state index contributed by atoms with van der Waals surface area (Å²) in [5.41, 5.74) is 1.44. The van der Waals surface area contributed by atoms with Crippen LogP contribution >= 0.6 is 0 Å². The van der Waals surface area contributed by atoms with Gasteiger partial charge in [0, 0.05) is 22.6 Å². The molecule has 3 aromatic rings. The molecular weight excluding hydrogens is 441 g/mol. The first-order valence-electron chi connectivity index (χ1n) is 10.7. The number of urea groups is 1. The van der Waals surface area contributed by atoms with Crippen LogP contribution in [0.15, 0.2) is 48.5 Å². The maximum absolute atomic E-state index is 13.7. The third-order valence-electron chi connectivity index (χ3n) is 6.32. The molecule has 0 bridgehead atoms. The Labute approximate surface area is 194 Å². The summed E-state index contributed by atoms with van der Waals surface area (Å²) in [7, 11) is 0. The number of nitrogens with zero attached hydrogens (tertiary/aromatic N) is 2.